The Kier molecular flexibility index (Phi) is 4.07. The van der Waals surface area contributed by atoms with E-state index in [4.69, 9.17) is 5.73 Å². The summed E-state index contributed by atoms with van der Waals surface area (Å²) in [4.78, 5) is 12.8. The number of benzene rings is 2. The summed E-state index contributed by atoms with van der Waals surface area (Å²) in [6.07, 6.45) is 0.963. The molecule has 3 aromatic rings. The highest BCUT2D eigenvalue weighted by molar-refractivity contribution is 7.15. The first-order valence-corrected chi connectivity index (χ1v) is 8.14. The van der Waals surface area contributed by atoms with Gasteiger partial charge < -0.3 is 5.73 Å². The smallest absolute Gasteiger partial charge is 0.196 e. The summed E-state index contributed by atoms with van der Waals surface area (Å²) in [7, 11) is 0. The van der Waals surface area contributed by atoms with Crippen molar-refractivity contribution in [2.24, 2.45) is 0 Å². The summed E-state index contributed by atoms with van der Waals surface area (Å²) in [6, 6.07) is 17.7. The van der Waals surface area contributed by atoms with Crippen molar-refractivity contribution in [3.05, 3.63) is 76.7 Å². The second-order valence-corrected chi connectivity index (χ2v) is 6.05. The monoisotopic (exact) mass is 307 g/mol. The normalized spacial score (nSPS) is 10.6. The Morgan fingerprint density at radius 2 is 1.73 bits per heavy atom. The molecule has 0 bridgehead atoms. The number of rotatable bonds is 4. The first-order chi connectivity index (χ1) is 10.7. The maximum absolute atomic E-state index is 12.8. The molecule has 0 unspecified atom stereocenters. The Bertz CT molecular complexity index is 788. The molecule has 3 heteroatoms. The highest BCUT2D eigenvalue weighted by Crippen LogP contribution is 2.35. The van der Waals surface area contributed by atoms with Crippen molar-refractivity contribution in [1.82, 2.24) is 0 Å². The predicted octanol–water partition coefficient (Wildman–Crippen LogP) is 4.79. The van der Waals surface area contributed by atoms with E-state index in [1.165, 1.54) is 16.9 Å². The van der Waals surface area contributed by atoms with Crippen molar-refractivity contribution < 1.29 is 4.79 Å². The molecule has 1 aromatic heterocycles. The maximum atomic E-state index is 12.8. The molecule has 110 valence electrons. The van der Waals surface area contributed by atoms with Gasteiger partial charge >= 0.3 is 0 Å². The fraction of sp³-hybridized carbons (Fsp3) is 0.105. The van der Waals surface area contributed by atoms with E-state index in [1.807, 2.05) is 60.0 Å². The Morgan fingerprint density at radius 1 is 1.05 bits per heavy atom. The third kappa shape index (κ3) is 2.68. The van der Waals surface area contributed by atoms with Crippen LogP contribution in [-0.4, -0.2) is 5.78 Å². The molecule has 22 heavy (non-hydrogen) atoms. The van der Waals surface area contributed by atoms with Gasteiger partial charge in [-0.2, -0.15) is 0 Å². The van der Waals surface area contributed by atoms with Gasteiger partial charge in [0.25, 0.3) is 0 Å². The molecule has 2 nitrogen and oxygen atoms in total. The number of nitrogen functional groups attached to an aromatic ring is 1. The van der Waals surface area contributed by atoms with Crippen LogP contribution in [0.1, 0.15) is 28.4 Å². The van der Waals surface area contributed by atoms with Gasteiger partial charge in [0.15, 0.2) is 5.78 Å². The first kappa shape index (κ1) is 14.5. The van der Waals surface area contributed by atoms with Gasteiger partial charge in [-0.25, -0.2) is 0 Å². The maximum Gasteiger partial charge on any atom is 0.196 e. The van der Waals surface area contributed by atoms with Crippen LogP contribution in [0.25, 0.3) is 11.1 Å². The third-order valence-corrected chi connectivity index (χ3v) is 4.57. The van der Waals surface area contributed by atoms with Gasteiger partial charge in [0.1, 0.15) is 0 Å². The van der Waals surface area contributed by atoms with Crippen LogP contribution < -0.4 is 5.73 Å². The molecule has 0 spiro atoms. The molecule has 0 radical (unpaired) electrons. The predicted molar refractivity (Wildman–Crippen MR) is 93.4 cm³/mol. The zero-order chi connectivity index (χ0) is 15.5. The number of hydrogen-bond acceptors (Lipinski definition) is 3. The van der Waals surface area contributed by atoms with E-state index < -0.39 is 0 Å². The molecular weight excluding hydrogens is 290 g/mol. The highest BCUT2D eigenvalue weighted by Gasteiger charge is 2.19. The fourth-order valence-electron chi connectivity index (χ4n) is 2.47. The van der Waals surface area contributed by atoms with E-state index in [9.17, 15) is 4.79 Å². The minimum atomic E-state index is -0.0137. The Morgan fingerprint density at radius 3 is 2.36 bits per heavy atom. The van der Waals surface area contributed by atoms with Gasteiger partial charge in [-0.15, -0.1) is 11.3 Å². The number of nitrogens with two attached hydrogens (primary N) is 1. The molecule has 0 saturated heterocycles. The minimum Gasteiger partial charge on any atom is -0.390 e. The summed E-state index contributed by atoms with van der Waals surface area (Å²) in [6.45, 7) is 2.10. The van der Waals surface area contributed by atoms with Crippen molar-refractivity contribution in [3.63, 3.8) is 0 Å². The lowest BCUT2D eigenvalue weighted by atomic mass is 9.96. The average molecular weight is 307 g/mol. The van der Waals surface area contributed by atoms with Crippen LogP contribution in [0, 0.1) is 0 Å². The summed E-state index contributed by atoms with van der Waals surface area (Å²) < 4.78 is 0. The van der Waals surface area contributed by atoms with Crippen molar-refractivity contribution in [2.45, 2.75) is 13.3 Å². The largest absolute Gasteiger partial charge is 0.390 e. The number of carbonyl (C=O) groups excluding carboxylic acids is 1. The SMILES string of the molecule is CCc1ccc(C(=O)c2c(-c3ccccc3)csc2N)cc1. The lowest BCUT2D eigenvalue weighted by Gasteiger charge is -2.06. The minimum absolute atomic E-state index is 0.0137. The van der Waals surface area contributed by atoms with Gasteiger partial charge in [0, 0.05) is 16.5 Å². The second kappa shape index (κ2) is 6.16. The number of carbonyl (C=O) groups is 1. The van der Waals surface area contributed by atoms with Crippen molar-refractivity contribution in [3.8, 4) is 11.1 Å². The lowest BCUT2D eigenvalue weighted by molar-refractivity contribution is 0.104. The zero-order valence-corrected chi connectivity index (χ0v) is 13.2. The summed E-state index contributed by atoms with van der Waals surface area (Å²) in [5, 5.41) is 2.53. The molecule has 0 aliphatic heterocycles. The molecule has 0 amide bonds. The zero-order valence-electron chi connectivity index (χ0n) is 12.4. The number of ketones is 1. The van der Waals surface area contributed by atoms with Crippen molar-refractivity contribution >= 4 is 22.1 Å². The highest BCUT2D eigenvalue weighted by atomic mass is 32.1. The number of hydrogen-bond donors (Lipinski definition) is 1. The molecule has 0 aliphatic carbocycles. The fourth-order valence-corrected chi connectivity index (χ4v) is 3.29. The molecular formula is C19H17NOS. The Hall–Kier alpha value is -2.39. The average Bonchev–Trinajstić information content (AvgIpc) is 2.96. The Labute approximate surface area is 134 Å². The van der Waals surface area contributed by atoms with Crippen LogP contribution in [0.2, 0.25) is 0 Å². The van der Waals surface area contributed by atoms with Crippen LogP contribution in [-0.2, 0) is 6.42 Å². The molecule has 0 saturated carbocycles. The van der Waals surface area contributed by atoms with E-state index >= 15 is 0 Å². The van der Waals surface area contributed by atoms with E-state index in [2.05, 4.69) is 6.92 Å². The second-order valence-electron chi connectivity index (χ2n) is 5.13. The third-order valence-electron chi connectivity index (χ3n) is 3.76. The standard InChI is InChI=1S/C19H17NOS/c1-2-13-8-10-15(11-9-13)18(21)17-16(12-22-19(17)20)14-6-4-3-5-7-14/h3-12H,2,20H2,1H3. The van der Waals surface area contributed by atoms with Crippen molar-refractivity contribution in [1.29, 1.82) is 0 Å². The van der Waals surface area contributed by atoms with Crippen LogP contribution >= 0.6 is 11.3 Å². The molecule has 0 fully saturated rings. The van der Waals surface area contributed by atoms with E-state index in [0.29, 0.717) is 16.1 Å². The van der Waals surface area contributed by atoms with E-state index in [0.717, 1.165) is 17.5 Å². The van der Waals surface area contributed by atoms with E-state index in [1.54, 1.807) is 0 Å². The van der Waals surface area contributed by atoms with Gasteiger partial charge in [0.05, 0.1) is 10.6 Å². The van der Waals surface area contributed by atoms with Gasteiger partial charge in [0.2, 0.25) is 0 Å². The van der Waals surface area contributed by atoms with Crippen LogP contribution in [0.3, 0.4) is 0 Å². The quantitative estimate of drug-likeness (QED) is 0.704. The lowest BCUT2D eigenvalue weighted by Crippen LogP contribution is -2.04. The molecule has 2 aromatic carbocycles. The van der Waals surface area contributed by atoms with E-state index in [-0.39, 0.29) is 5.78 Å². The molecule has 0 atom stereocenters. The Balaban J connectivity index is 2.04. The summed E-state index contributed by atoms with van der Waals surface area (Å²) in [5.41, 5.74) is 10.5. The topological polar surface area (TPSA) is 43.1 Å². The van der Waals surface area contributed by atoms with Gasteiger partial charge in [-0.3, -0.25) is 4.79 Å². The van der Waals surface area contributed by atoms with Gasteiger partial charge in [-0.1, -0.05) is 61.5 Å². The molecule has 1 heterocycles. The molecule has 3 rings (SSSR count). The molecule has 2 N–H and O–H groups in total. The number of aryl methyl sites for hydroxylation is 1. The van der Waals surface area contributed by atoms with Crippen LogP contribution in [0.5, 0.6) is 0 Å². The van der Waals surface area contributed by atoms with Gasteiger partial charge in [-0.05, 0) is 17.5 Å². The first-order valence-electron chi connectivity index (χ1n) is 7.26. The van der Waals surface area contributed by atoms with Crippen LogP contribution in [0.4, 0.5) is 5.00 Å². The number of thiophene rings is 1. The van der Waals surface area contributed by atoms with Crippen molar-refractivity contribution in [2.75, 3.05) is 5.73 Å². The number of anilines is 1. The molecule has 0 aliphatic rings. The summed E-state index contributed by atoms with van der Waals surface area (Å²) in [5.74, 6) is -0.0137. The summed E-state index contributed by atoms with van der Waals surface area (Å²) >= 11 is 1.41. The van der Waals surface area contributed by atoms with Crippen LogP contribution in [0.15, 0.2) is 60.0 Å².